The van der Waals surface area contributed by atoms with Crippen molar-refractivity contribution in [3.05, 3.63) is 95.0 Å². The molecule has 0 radical (unpaired) electrons. The van der Waals surface area contributed by atoms with E-state index in [1.807, 2.05) is 24.8 Å². The summed E-state index contributed by atoms with van der Waals surface area (Å²) < 4.78 is 2.12. The zero-order chi connectivity index (χ0) is 30.9. The van der Waals surface area contributed by atoms with Crippen LogP contribution in [0.15, 0.2) is 61.3 Å². The third-order valence-corrected chi connectivity index (χ3v) is 10.6. The van der Waals surface area contributed by atoms with E-state index in [9.17, 15) is 4.79 Å². The zero-order valence-electron chi connectivity index (χ0n) is 27.0. The van der Waals surface area contributed by atoms with E-state index >= 15 is 0 Å². The first-order valence-corrected chi connectivity index (χ1v) is 17.1. The monoisotopic (exact) mass is 604 g/mol. The van der Waals surface area contributed by atoms with Crippen molar-refractivity contribution >= 4 is 17.6 Å². The third kappa shape index (κ3) is 6.51. The van der Waals surface area contributed by atoms with Crippen LogP contribution in [0, 0.1) is 18.8 Å². The van der Waals surface area contributed by atoms with Crippen LogP contribution in [-0.2, 0) is 11.8 Å². The molecule has 1 aliphatic heterocycles. The second kappa shape index (κ2) is 13.0. The molecule has 1 aromatic carbocycles. The Balaban J connectivity index is 1.22. The number of nitrogens with zero attached hydrogens (tertiary/aromatic N) is 5. The smallest absolute Gasteiger partial charge is 0.222 e. The van der Waals surface area contributed by atoms with Crippen LogP contribution < -0.4 is 5.32 Å². The lowest BCUT2D eigenvalue weighted by molar-refractivity contribution is -0.134. The molecule has 1 saturated heterocycles. The standard InChI is InChI=1S/C38H48N6O/c1-26-10-15-31-32(21-26)33(37(34-24-39-25-42(34)3)41-27(2)11-12-28-13-14-28)23-30-9-6-16-40-36(30)38(31)44-19-17-43(18-20-44)35(45)22-29-7-4-5-8-29/h6,9-10,15-16,21,23-25,28-29,37-38,41H,2,4-5,7-8,11-14,17-20,22H2,1,3H3. The fraction of sp³-hybridized carbons (Fsp3) is 0.500. The fourth-order valence-electron chi connectivity index (χ4n) is 7.78. The van der Waals surface area contributed by atoms with Gasteiger partial charge in [-0.15, -0.1) is 0 Å². The van der Waals surface area contributed by atoms with Crippen LogP contribution in [0.1, 0.15) is 104 Å². The number of nitrogens with one attached hydrogen (secondary N) is 1. The Morgan fingerprint density at radius 1 is 1.07 bits per heavy atom. The topological polar surface area (TPSA) is 66.3 Å². The van der Waals surface area contributed by atoms with E-state index in [0.717, 1.165) is 67.6 Å². The number of benzene rings is 1. The fourth-order valence-corrected chi connectivity index (χ4v) is 7.78. The molecule has 3 aromatic rings. The Hall–Kier alpha value is -3.71. The number of imidazole rings is 1. The van der Waals surface area contributed by atoms with E-state index in [4.69, 9.17) is 4.98 Å². The summed E-state index contributed by atoms with van der Waals surface area (Å²) in [4.78, 5) is 27.5. The number of carbonyl (C=O) groups excluding carboxylic acids is 1. The van der Waals surface area contributed by atoms with Crippen molar-refractivity contribution in [2.24, 2.45) is 18.9 Å². The normalized spacial score (nSPS) is 21.1. The SMILES string of the molecule is C=C(CCC1CC1)NC(C1=Cc2cccnc2C(N2CCN(C(=O)CC3CCCC3)CC2)c2ccc(C)cc21)c1cncn1C. The predicted molar refractivity (Wildman–Crippen MR) is 180 cm³/mol. The molecule has 45 heavy (non-hydrogen) atoms. The van der Waals surface area contributed by atoms with Crippen LogP contribution >= 0.6 is 0 Å². The summed E-state index contributed by atoms with van der Waals surface area (Å²) in [6.07, 6.45) is 18.7. The first-order chi connectivity index (χ1) is 21.9. The number of rotatable bonds is 10. The molecule has 2 saturated carbocycles. The molecule has 4 aliphatic rings. The van der Waals surface area contributed by atoms with Gasteiger partial charge in [-0.05, 0) is 78.8 Å². The molecule has 3 fully saturated rings. The lowest BCUT2D eigenvalue weighted by atomic mass is 9.88. The highest BCUT2D eigenvalue weighted by atomic mass is 16.2. The van der Waals surface area contributed by atoms with E-state index in [-0.39, 0.29) is 12.1 Å². The number of aromatic nitrogens is 3. The molecule has 1 N–H and O–H groups in total. The average molecular weight is 605 g/mol. The minimum Gasteiger partial charge on any atom is -0.377 e. The summed E-state index contributed by atoms with van der Waals surface area (Å²) in [5.74, 6) is 1.78. The van der Waals surface area contributed by atoms with Gasteiger partial charge in [-0.2, -0.15) is 0 Å². The van der Waals surface area contributed by atoms with Gasteiger partial charge in [0.15, 0.2) is 0 Å². The van der Waals surface area contributed by atoms with Crippen molar-refractivity contribution in [2.75, 3.05) is 26.2 Å². The molecule has 2 atom stereocenters. The highest BCUT2D eigenvalue weighted by Gasteiger charge is 2.36. The summed E-state index contributed by atoms with van der Waals surface area (Å²) in [5.41, 5.74) is 9.37. The Kier molecular flexibility index (Phi) is 8.63. The van der Waals surface area contributed by atoms with E-state index < -0.39 is 0 Å². The van der Waals surface area contributed by atoms with Gasteiger partial charge in [-0.1, -0.05) is 62.1 Å². The molecule has 7 rings (SSSR count). The molecular formula is C38H48N6O. The molecule has 1 amide bonds. The molecule has 236 valence electrons. The van der Waals surface area contributed by atoms with E-state index in [1.165, 1.54) is 67.2 Å². The lowest BCUT2D eigenvalue weighted by Gasteiger charge is -2.40. The second-order valence-electron chi connectivity index (χ2n) is 13.9. The van der Waals surface area contributed by atoms with Gasteiger partial charge in [-0.3, -0.25) is 14.7 Å². The number of pyridine rings is 1. The quantitative estimate of drug-likeness (QED) is 0.275. The Morgan fingerprint density at radius 2 is 1.87 bits per heavy atom. The van der Waals surface area contributed by atoms with Crippen LogP contribution in [0.25, 0.3) is 11.6 Å². The maximum atomic E-state index is 13.2. The second-order valence-corrected chi connectivity index (χ2v) is 13.9. The Labute approximate surface area is 268 Å². The summed E-state index contributed by atoms with van der Waals surface area (Å²) in [6, 6.07) is 11.0. The van der Waals surface area contributed by atoms with Gasteiger partial charge < -0.3 is 14.8 Å². The molecular weight excluding hydrogens is 556 g/mol. The van der Waals surface area contributed by atoms with Crippen molar-refractivity contribution in [3.63, 3.8) is 0 Å². The van der Waals surface area contributed by atoms with Gasteiger partial charge in [0.2, 0.25) is 5.91 Å². The zero-order valence-corrected chi connectivity index (χ0v) is 27.0. The van der Waals surface area contributed by atoms with Crippen LogP contribution in [0.5, 0.6) is 0 Å². The van der Waals surface area contributed by atoms with Crippen molar-refractivity contribution < 1.29 is 4.79 Å². The number of hydrogen-bond donors (Lipinski definition) is 1. The predicted octanol–water partition coefficient (Wildman–Crippen LogP) is 6.83. The van der Waals surface area contributed by atoms with E-state index in [1.54, 1.807) is 0 Å². The maximum Gasteiger partial charge on any atom is 0.222 e. The minimum absolute atomic E-state index is 0.00268. The first-order valence-electron chi connectivity index (χ1n) is 17.1. The van der Waals surface area contributed by atoms with E-state index in [2.05, 4.69) is 75.6 Å². The highest BCUT2D eigenvalue weighted by Crippen LogP contribution is 2.44. The molecule has 7 nitrogen and oxygen atoms in total. The molecule has 3 heterocycles. The number of piperazine rings is 1. The molecule has 3 aliphatic carbocycles. The van der Waals surface area contributed by atoms with Crippen molar-refractivity contribution in [1.82, 2.24) is 29.7 Å². The molecule has 7 heteroatoms. The average Bonchev–Trinajstić information content (AvgIpc) is 3.61. The van der Waals surface area contributed by atoms with Crippen LogP contribution in [0.4, 0.5) is 0 Å². The maximum absolute atomic E-state index is 13.2. The van der Waals surface area contributed by atoms with Crippen LogP contribution in [0.2, 0.25) is 0 Å². The number of hydrogen-bond acceptors (Lipinski definition) is 5. The van der Waals surface area contributed by atoms with Gasteiger partial charge in [0.25, 0.3) is 0 Å². The summed E-state index contributed by atoms with van der Waals surface area (Å²) in [5, 5.41) is 3.87. The van der Waals surface area contributed by atoms with Crippen LogP contribution in [-0.4, -0.2) is 56.4 Å². The van der Waals surface area contributed by atoms with Crippen molar-refractivity contribution in [2.45, 2.75) is 76.8 Å². The molecule has 2 unspecified atom stereocenters. The Morgan fingerprint density at radius 3 is 2.60 bits per heavy atom. The van der Waals surface area contributed by atoms with Crippen molar-refractivity contribution in [3.8, 4) is 0 Å². The first kappa shape index (κ1) is 30.0. The van der Waals surface area contributed by atoms with Gasteiger partial charge in [0, 0.05) is 51.5 Å². The molecule has 0 spiro atoms. The number of amides is 1. The summed E-state index contributed by atoms with van der Waals surface area (Å²) >= 11 is 0. The third-order valence-electron chi connectivity index (χ3n) is 10.6. The molecule has 0 bridgehead atoms. The summed E-state index contributed by atoms with van der Waals surface area (Å²) in [7, 11) is 2.07. The van der Waals surface area contributed by atoms with Gasteiger partial charge >= 0.3 is 0 Å². The van der Waals surface area contributed by atoms with Crippen LogP contribution in [0.3, 0.4) is 0 Å². The number of carbonyl (C=O) groups is 1. The number of aryl methyl sites for hydroxylation is 2. The molecule has 2 aromatic heterocycles. The minimum atomic E-state index is -0.110. The van der Waals surface area contributed by atoms with Gasteiger partial charge in [-0.25, -0.2) is 4.98 Å². The number of fused-ring (bicyclic) bond motifs is 2. The van der Waals surface area contributed by atoms with Crippen molar-refractivity contribution in [1.29, 1.82) is 0 Å². The highest BCUT2D eigenvalue weighted by molar-refractivity contribution is 5.89. The van der Waals surface area contributed by atoms with E-state index in [0.29, 0.717) is 11.8 Å². The van der Waals surface area contributed by atoms with Gasteiger partial charge in [0.05, 0.1) is 36.0 Å². The largest absolute Gasteiger partial charge is 0.377 e. The number of allylic oxidation sites excluding steroid dienone is 1. The summed E-state index contributed by atoms with van der Waals surface area (Å²) in [6.45, 7) is 9.88. The Bertz CT molecular complexity index is 1570. The van der Waals surface area contributed by atoms with Gasteiger partial charge in [0.1, 0.15) is 0 Å². The lowest BCUT2D eigenvalue weighted by Crippen LogP contribution is -2.50.